The molecule has 2 aromatic carbocycles. The van der Waals surface area contributed by atoms with Gasteiger partial charge in [0.2, 0.25) is 0 Å². The molecule has 0 aromatic heterocycles. The van der Waals surface area contributed by atoms with Crippen molar-refractivity contribution in [2.75, 3.05) is 4.72 Å². The van der Waals surface area contributed by atoms with Gasteiger partial charge in [0.25, 0.3) is 10.0 Å². The van der Waals surface area contributed by atoms with Gasteiger partial charge in [-0.05, 0) is 47.2 Å². The van der Waals surface area contributed by atoms with Crippen LogP contribution in [0.1, 0.15) is 50.7 Å². The van der Waals surface area contributed by atoms with Crippen LogP contribution in [-0.2, 0) is 10.0 Å². The molecule has 23 heavy (non-hydrogen) atoms. The van der Waals surface area contributed by atoms with Gasteiger partial charge in [-0.25, -0.2) is 8.42 Å². The molecule has 0 aliphatic heterocycles. The topological polar surface area (TPSA) is 46.2 Å². The Kier molecular flexibility index (Phi) is 5.53. The molecule has 5 heteroatoms. The molecule has 3 nitrogen and oxygen atoms in total. The van der Waals surface area contributed by atoms with Crippen LogP contribution >= 0.6 is 15.9 Å². The minimum atomic E-state index is -3.61. The van der Waals surface area contributed by atoms with Gasteiger partial charge in [-0.1, -0.05) is 61.8 Å². The molecule has 0 saturated carbocycles. The molecule has 0 amide bonds. The lowest BCUT2D eigenvalue weighted by molar-refractivity contribution is 0.601. The standard InChI is InChI=1S/C18H22BrNO2S/c1-12(2)16-6-5-7-17(13(3)4)18(16)20-23(21,22)15-10-8-14(19)9-11-15/h5-13,20H,1-4H3. The van der Waals surface area contributed by atoms with Crippen LogP contribution in [0.5, 0.6) is 0 Å². The number of para-hydroxylation sites is 1. The highest BCUT2D eigenvalue weighted by Gasteiger charge is 2.20. The molecule has 0 atom stereocenters. The Morgan fingerprint density at radius 2 is 1.35 bits per heavy atom. The van der Waals surface area contributed by atoms with Crippen molar-refractivity contribution in [3.05, 3.63) is 58.1 Å². The largest absolute Gasteiger partial charge is 0.279 e. The number of halogens is 1. The highest BCUT2D eigenvalue weighted by Crippen LogP contribution is 2.34. The number of hydrogen-bond acceptors (Lipinski definition) is 2. The van der Waals surface area contributed by atoms with E-state index in [0.717, 1.165) is 15.6 Å². The Labute approximate surface area is 147 Å². The van der Waals surface area contributed by atoms with Crippen molar-refractivity contribution in [2.45, 2.75) is 44.4 Å². The SMILES string of the molecule is CC(C)c1cccc(C(C)C)c1NS(=O)(=O)c1ccc(Br)cc1. The van der Waals surface area contributed by atoms with E-state index in [1.54, 1.807) is 24.3 Å². The number of nitrogens with one attached hydrogen (secondary N) is 1. The van der Waals surface area contributed by atoms with E-state index in [4.69, 9.17) is 0 Å². The third kappa shape index (κ3) is 4.15. The van der Waals surface area contributed by atoms with Gasteiger partial charge in [0.05, 0.1) is 10.6 Å². The first-order valence-corrected chi connectivity index (χ1v) is 9.91. The van der Waals surface area contributed by atoms with Crippen molar-refractivity contribution in [3.63, 3.8) is 0 Å². The lowest BCUT2D eigenvalue weighted by Gasteiger charge is -2.20. The maximum Gasteiger partial charge on any atom is 0.261 e. The molecule has 0 saturated heterocycles. The number of anilines is 1. The van der Waals surface area contributed by atoms with Crippen LogP contribution in [-0.4, -0.2) is 8.42 Å². The number of benzene rings is 2. The fourth-order valence-electron chi connectivity index (χ4n) is 2.48. The second-order valence-corrected chi connectivity index (χ2v) is 8.78. The van der Waals surface area contributed by atoms with Gasteiger partial charge in [0, 0.05) is 4.47 Å². The maximum atomic E-state index is 12.7. The Bertz CT molecular complexity index is 755. The zero-order chi connectivity index (χ0) is 17.2. The molecule has 0 aliphatic carbocycles. The highest BCUT2D eigenvalue weighted by molar-refractivity contribution is 9.10. The van der Waals surface area contributed by atoms with E-state index in [-0.39, 0.29) is 16.7 Å². The van der Waals surface area contributed by atoms with Crippen LogP contribution in [0.3, 0.4) is 0 Å². The molecule has 124 valence electrons. The summed E-state index contributed by atoms with van der Waals surface area (Å²) >= 11 is 3.33. The van der Waals surface area contributed by atoms with E-state index in [1.165, 1.54) is 0 Å². The lowest BCUT2D eigenvalue weighted by Crippen LogP contribution is -2.16. The molecule has 0 unspecified atom stereocenters. The van der Waals surface area contributed by atoms with Crippen molar-refractivity contribution in [2.24, 2.45) is 0 Å². The summed E-state index contributed by atoms with van der Waals surface area (Å²) in [5, 5.41) is 0. The van der Waals surface area contributed by atoms with Gasteiger partial charge in [0.1, 0.15) is 0 Å². The molecule has 0 heterocycles. The van der Waals surface area contributed by atoms with E-state index in [1.807, 2.05) is 18.2 Å². The summed E-state index contributed by atoms with van der Waals surface area (Å²) in [5.74, 6) is 0.465. The molecular weight excluding hydrogens is 374 g/mol. The van der Waals surface area contributed by atoms with E-state index < -0.39 is 10.0 Å². The van der Waals surface area contributed by atoms with Gasteiger partial charge in [0.15, 0.2) is 0 Å². The molecular formula is C18H22BrNO2S. The van der Waals surface area contributed by atoms with Crippen molar-refractivity contribution in [1.82, 2.24) is 0 Å². The minimum absolute atomic E-state index is 0.233. The Morgan fingerprint density at radius 3 is 1.78 bits per heavy atom. The molecule has 0 aliphatic rings. The molecule has 2 rings (SSSR count). The van der Waals surface area contributed by atoms with Crippen LogP contribution in [0.2, 0.25) is 0 Å². The monoisotopic (exact) mass is 395 g/mol. The fraction of sp³-hybridized carbons (Fsp3) is 0.333. The number of hydrogen-bond donors (Lipinski definition) is 1. The summed E-state index contributed by atoms with van der Waals surface area (Å²) < 4.78 is 29.1. The van der Waals surface area contributed by atoms with Crippen LogP contribution in [0, 0.1) is 0 Å². The number of sulfonamides is 1. The summed E-state index contributed by atoms with van der Waals surface area (Å²) in [6.07, 6.45) is 0. The third-order valence-corrected chi connectivity index (χ3v) is 5.63. The Balaban J connectivity index is 2.52. The first kappa shape index (κ1) is 18.0. The highest BCUT2D eigenvalue weighted by atomic mass is 79.9. The lowest BCUT2D eigenvalue weighted by atomic mass is 9.93. The second-order valence-electron chi connectivity index (χ2n) is 6.18. The van der Waals surface area contributed by atoms with E-state index >= 15 is 0 Å². The molecule has 2 aromatic rings. The smallest absolute Gasteiger partial charge is 0.261 e. The van der Waals surface area contributed by atoms with Crippen molar-refractivity contribution < 1.29 is 8.42 Å². The predicted octanol–water partition coefficient (Wildman–Crippen LogP) is 5.50. The fourth-order valence-corrected chi connectivity index (χ4v) is 3.86. The average Bonchev–Trinajstić information content (AvgIpc) is 2.47. The van der Waals surface area contributed by atoms with Gasteiger partial charge in [-0.15, -0.1) is 0 Å². The number of rotatable bonds is 5. The Hall–Kier alpha value is -1.33. The van der Waals surface area contributed by atoms with Gasteiger partial charge >= 0.3 is 0 Å². The van der Waals surface area contributed by atoms with Crippen molar-refractivity contribution >= 4 is 31.6 Å². The quantitative estimate of drug-likeness (QED) is 0.726. The van der Waals surface area contributed by atoms with Crippen molar-refractivity contribution in [1.29, 1.82) is 0 Å². The van der Waals surface area contributed by atoms with Crippen LogP contribution in [0.4, 0.5) is 5.69 Å². The van der Waals surface area contributed by atoms with Crippen molar-refractivity contribution in [3.8, 4) is 0 Å². The summed E-state index contributed by atoms with van der Waals surface area (Å²) in [5.41, 5.74) is 2.73. The van der Waals surface area contributed by atoms with E-state index in [0.29, 0.717) is 5.69 Å². The van der Waals surface area contributed by atoms with E-state index in [2.05, 4.69) is 48.3 Å². The second kappa shape index (κ2) is 7.05. The molecule has 0 fully saturated rings. The molecule has 1 N–H and O–H groups in total. The Morgan fingerprint density at radius 1 is 0.870 bits per heavy atom. The molecule has 0 spiro atoms. The maximum absolute atomic E-state index is 12.7. The first-order valence-electron chi connectivity index (χ1n) is 7.63. The van der Waals surface area contributed by atoms with Gasteiger partial charge < -0.3 is 0 Å². The first-order chi connectivity index (χ1) is 10.7. The van der Waals surface area contributed by atoms with Crippen LogP contribution < -0.4 is 4.72 Å². The molecule has 0 bridgehead atoms. The third-order valence-electron chi connectivity index (χ3n) is 3.73. The van der Waals surface area contributed by atoms with E-state index in [9.17, 15) is 8.42 Å². The zero-order valence-corrected chi connectivity index (χ0v) is 16.2. The van der Waals surface area contributed by atoms with Gasteiger partial charge in [-0.3, -0.25) is 4.72 Å². The summed E-state index contributed by atoms with van der Waals surface area (Å²) in [6.45, 7) is 8.27. The van der Waals surface area contributed by atoms with Crippen LogP contribution in [0.25, 0.3) is 0 Å². The predicted molar refractivity (Wildman–Crippen MR) is 99.6 cm³/mol. The minimum Gasteiger partial charge on any atom is -0.279 e. The molecule has 0 radical (unpaired) electrons. The van der Waals surface area contributed by atoms with Crippen LogP contribution in [0.15, 0.2) is 51.8 Å². The summed E-state index contributed by atoms with van der Waals surface area (Å²) in [6, 6.07) is 12.6. The zero-order valence-electron chi connectivity index (χ0n) is 13.8. The van der Waals surface area contributed by atoms with Gasteiger partial charge in [-0.2, -0.15) is 0 Å². The summed E-state index contributed by atoms with van der Waals surface area (Å²) in [4.78, 5) is 0.258. The normalized spacial score (nSPS) is 12.0. The average molecular weight is 396 g/mol. The summed E-state index contributed by atoms with van der Waals surface area (Å²) in [7, 11) is -3.61.